The van der Waals surface area contributed by atoms with Crippen LogP contribution in [0.25, 0.3) is 0 Å². The Morgan fingerprint density at radius 2 is 1.70 bits per heavy atom. The molecule has 2 aromatic carbocycles. The maximum absolute atomic E-state index is 12.7. The largest absolute Gasteiger partial charge is 0.348 e. The molecule has 140 valence electrons. The Kier molecular flexibility index (Phi) is 4.58. The van der Waals surface area contributed by atoms with E-state index >= 15 is 0 Å². The molecule has 5 heteroatoms. The summed E-state index contributed by atoms with van der Waals surface area (Å²) in [6.45, 7) is 5.86. The van der Waals surface area contributed by atoms with Crippen LogP contribution in [0.5, 0.6) is 0 Å². The van der Waals surface area contributed by atoms with Crippen molar-refractivity contribution in [1.29, 1.82) is 0 Å². The molecule has 0 amide bonds. The minimum absolute atomic E-state index is 0.0781. The summed E-state index contributed by atoms with van der Waals surface area (Å²) in [7, 11) is 0. The summed E-state index contributed by atoms with van der Waals surface area (Å²) in [6.07, 6.45) is -0.251. The van der Waals surface area contributed by atoms with Gasteiger partial charge in [-0.2, -0.15) is 5.10 Å². The van der Waals surface area contributed by atoms with Gasteiger partial charge < -0.3 is 9.47 Å². The zero-order valence-electron chi connectivity index (χ0n) is 15.8. The quantitative estimate of drug-likeness (QED) is 0.831. The van der Waals surface area contributed by atoms with Crippen LogP contribution >= 0.6 is 0 Å². The number of benzene rings is 2. The maximum atomic E-state index is 12.7. The van der Waals surface area contributed by atoms with E-state index in [-0.39, 0.29) is 23.8 Å². The predicted molar refractivity (Wildman–Crippen MR) is 105 cm³/mol. The van der Waals surface area contributed by atoms with E-state index in [2.05, 4.69) is 0 Å². The molecule has 3 atom stereocenters. The van der Waals surface area contributed by atoms with Crippen molar-refractivity contribution in [2.75, 3.05) is 11.6 Å². The average Bonchev–Trinajstić information content (AvgIpc) is 3.23. The average molecular weight is 364 g/mol. The molecular formula is C22H24N2O3. The van der Waals surface area contributed by atoms with E-state index in [9.17, 15) is 4.79 Å². The van der Waals surface area contributed by atoms with Crippen LogP contribution in [0.4, 0.5) is 5.69 Å². The second-order valence-corrected chi connectivity index (χ2v) is 7.48. The first-order valence-electron chi connectivity index (χ1n) is 9.27. The van der Waals surface area contributed by atoms with Crippen molar-refractivity contribution < 1.29 is 14.3 Å². The summed E-state index contributed by atoms with van der Waals surface area (Å²) >= 11 is 0. The zero-order valence-corrected chi connectivity index (χ0v) is 15.8. The van der Waals surface area contributed by atoms with Crippen molar-refractivity contribution in [1.82, 2.24) is 0 Å². The highest BCUT2D eigenvalue weighted by Gasteiger charge is 2.50. The highest BCUT2D eigenvalue weighted by molar-refractivity contribution is 6.15. The van der Waals surface area contributed by atoms with Crippen molar-refractivity contribution in [2.24, 2.45) is 11.0 Å². The van der Waals surface area contributed by atoms with Gasteiger partial charge in [0, 0.05) is 0 Å². The number of Topliss-reactive ketones (excluding diaryl/α,β-unsaturated/α-hetero) is 1. The fourth-order valence-electron chi connectivity index (χ4n) is 3.89. The number of carbonyl (C=O) groups is 1. The van der Waals surface area contributed by atoms with Gasteiger partial charge >= 0.3 is 0 Å². The van der Waals surface area contributed by atoms with Crippen LogP contribution in [0, 0.1) is 5.92 Å². The fraction of sp³-hybridized carbons (Fsp3) is 0.364. The highest BCUT2D eigenvalue weighted by Crippen LogP contribution is 2.37. The van der Waals surface area contributed by atoms with Gasteiger partial charge in [0.1, 0.15) is 11.9 Å². The number of rotatable bonds is 4. The second-order valence-electron chi connectivity index (χ2n) is 7.48. The zero-order chi connectivity index (χ0) is 19.0. The molecule has 4 rings (SSSR count). The van der Waals surface area contributed by atoms with Crippen molar-refractivity contribution in [3.05, 3.63) is 66.2 Å². The third-order valence-corrected chi connectivity index (χ3v) is 5.07. The third kappa shape index (κ3) is 3.40. The lowest BCUT2D eigenvalue weighted by molar-refractivity contribution is -0.143. The molecule has 0 spiro atoms. The minimum Gasteiger partial charge on any atom is -0.348 e. The number of ether oxygens (including phenoxy) is 2. The number of ketones is 1. The first-order chi connectivity index (χ1) is 13.0. The van der Waals surface area contributed by atoms with E-state index in [0.29, 0.717) is 6.61 Å². The molecule has 2 aliphatic heterocycles. The summed E-state index contributed by atoms with van der Waals surface area (Å²) in [5.74, 6) is -0.964. The van der Waals surface area contributed by atoms with Gasteiger partial charge in [-0.1, -0.05) is 48.5 Å². The first-order valence-corrected chi connectivity index (χ1v) is 9.27. The molecule has 0 N–H and O–H groups in total. The van der Waals surface area contributed by atoms with Crippen LogP contribution in [0.1, 0.15) is 26.3 Å². The molecular weight excluding hydrogens is 340 g/mol. The lowest BCUT2D eigenvalue weighted by atomic mass is 9.85. The van der Waals surface area contributed by atoms with Gasteiger partial charge in [-0.25, -0.2) is 0 Å². The van der Waals surface area contributed by atoms with Gasteiger partial charge in [0.2, 0.25) is 0 Å². The third-order valence-electron chi connectivity index (χ3n) is 5.07. The van der Waals surface area contributed by atoms with Crippen molar-refractivity contribution in [3.63, 3.8) is 0 Å². The predicted octanol–water partition coefficient (Wildman–Crippen LogP) is 3.64. The van der Waals surface area contributed by atoms with Crippen LogP contribution in [-0.2, 0) is 14.3 Å². The van der Waals surface area contributed by atoms with Crippen LogP contribution in [0.15, 0.2) is 65.8 Å². The van der Waals surface area contributed by atoms with E-state index in [1.165, 1.54) is 0 Å². The van der Waals surface area contributed by atoms with Crippen LogP contribution in [0.2, 0.25) is 0 Å². The summed E-state index contributed by atoms with van der Waals surface area (Å²) < 4.78 is 12.0. The summed E-state index contributed by atoms with van der Waals surface area (Å²) in [5.41, 5.74) is 2.68. The number of anilines is 1. The lowest BCUT2D eigenvalue weighted by Crippen LogP contribution is -2.47. The SMILES string of the molecule is CC(=O)[C@H]1C(c2ccccc2)=NN(c2ccccc2)[C@@H]1[C@H]1COC(C)(C)O1. The summed E-state index contributed by atoms with van der Waals surface area (Å²) in [6, 6.07) is 19.6. The standard InChI is InChI=1S/C22H24N2O3/c1-15(25)19-20(16-10-6-4-7-11-16)23-24(17-12-8-5-9-13-17)21(19)18-14-26-22(2,3)27-18/h4-13,18-19,21H,14H2,1-3H3/t18-,19+,21-/m1/s1. The number of hydrazone groups is 1. The smallest absolute Gasteiger partial charge is 0.163 e. The molecule has 2 heterocycles. The number of nitrogens with zero attached hydrogens (tertiary/aromatic N) is 2. The van der Waals surface area contributed by atoms with Crippen molar-refractivity contribution in [3.8, 4) is 0 Å². The highest BCUT2D eigenvalue weighted by atomic mass is 16.7. The molecule has 0 unspecified atom stereocenters. The second kappa shape index (κ2) is 6.91. The molecule has 0 bridgehead atoms. The Morgan fingerprint density at radius 3 is 2.26 bits per heavy atom. The Hall–Kier alpha value is -2.50. The van der Waals surface area contributed by atoms with E-state index in [0.717, 1.165) is 17.0 Å². The summed E-state index contributed by atoms with van der Waals surface area (Å²) in [5, 5.41) is 6.83. The van der Waals surface area contributed by atoms with Gasteiger partial charge in [-0.05, 0) is 38.5 Å². The minimum atomic E-state index is -0.663. The molecule has 5 nitrogen and oxygen atoms in total. The molecule has 0 aromatic heterocycles. The van der Waals surface area contributed by atoms with Gasteiger partial charge in [-0.3, -0.25) is 9.80 Å². The van der Waals surface area contributed by atoms with Crippen LogP contribution in [0.3, 0.4) is 0 Å². The van der Waals surface area contributed by atoms with E-state index in [1.807, 2.05) is 79.5 Å². The van der Waals surface area contributed by atoms with Crippen LogP contribution < -0.4 is 5.01 Å². The molecule has 1 saturated heterocycles. The van der Waals surface area contributed by atoms with Gasteiger partial charge in [0.05, 0.1) is 30.0 Å². The molecule has 2 aliphatic rings. The van der Waals surface area contributed by atoms with Crippen LogP contribution in [-0.4, -0.2) is 36.0 Å². The molecule has 2 aromatic rings. The number of hydrogen-bond acceptors (Lipinski definition) is 5. The number of carbonyl (C=O) groups excluding carboxylic acids is 1. The molecule has 27 heavy (non-hydrogen) atoms. The Bertz CT molecular complexity index is 848. The molecule has 0 aliphatic carbocycles. The first kappa shape index (κ1) is 17.9. The Balaban J connectivity index is 1.80. The molecule has 1 fully saturated rings. The summed E-state index contributed by atoms with van der Waals surface area (Å²) in [4.78, 5) is 12.7. The number of hydrogen-bond donors (Lipinski definition) is 0. The van der Waals surface area contributed by atoms with Gasteiger partial charge in [-0.15, -0.1) is 0 Å². The van der Waals surface area contributed by atoms with Crippen molar-refractivity contribution in [2.45, 2.75) is 38.7 Å². The maximum Gasteiger partial charge on any atom is 0.163 e. The van der Waals surface area contributed by atoms with E-state index in [4.69, 9.17) is 14.6 Å². The fourth-order valence-corrected chi connectivity index (χ4v) is 3.89. The molecule has 0 saturated carbocycles. The monoisotopic (exact) mass is 364 g/mol. The normalized spacial score (nSPS) is 26.9. The molecule has 0 radical (unpaired) electrons. The Morgan fingerprint density at radius 1 is 1.07 bits per heavy atom. The van der Waals surface area contributed by atoms with Gasteiger partial charge in [0.25, 0.3) is 0 Å². The number of para-hydroxylation sites is 1. The van der Waals surface area contributed by atoms with Gasteiger partial charge in [0.15, 0.2) is 5.79 Å². The van der Waals surface area contributed by atoms with E-state index < -0.39 is 5.79 Å². The topological polar surface area (TPSA) is 51.1 Å². The van der Waals surface area contributed by atoms with E-state index in [1.54, 1.807) is 6.92 Å². The van der Waals surface area contributed by atoms with Crippen molar-refractivity contribution >= 4 is 17.2 Å². The Labute approximate surface area is 159 Å². The lowest BCUT2D eigenvalue weighted by Gasteiger charge is -2.31.